The molecular weight excluding hydrogens is 315 g/mol. The molecule has 2 aromatic carbocycles. The summed E-state index contributed by atoms with van der Waals surface area (Å²) in [6.07, 6.45) is 0. The van der Waals surface area contributed by atoms with Crippen molar-refractivity contribution in [3.63, 3.8) is 0 Å². The Bertz CT molecular complexity index is 805. The highest BCUT2D eigenvalue weighted by atomic mass is 32.1. The van der Waals surface area contributed by atoms with Gasteiger partial charge in [0.2, 0.25) is 0 Å². The van der Waals surface area contributed by atoms with Gasteiger partial charge in [-0.05, 0) is 12.1 Å². The molecule has 0 saturated heterocycles. The summed E-state index contributed by atoms with van der Waals surface area (Å²) in [6.45, 7) is -0.205. The zero-order chi connectivity index (χ0) is 16.1. The number of thiazole rings is 1. The molecule has 1 N–H and O–H groups in total. The first-order valence-electron chi connectivity index (χ1n) is 6.90. The van der Waals surface area contributed by atoms with E-state index in [2.05, 4.69) is 10.3 Å². The van der Waals surface area contributed by atoms with Crippen LogP contribution in [0.25, 0.3) is 11.3 Å². The van der Waals surface area contributed by atoms with Gasteiger partial charge in [-0.3, -0.25) is 10.1 Å². The van der Waals surface area contributed by atoms with Crippen LogP contribution in [0.3, 0.4) is 0 Å². The minimum Gasteiger partial charge on any atom is -0.484 e. The number of nitrogens with one attached hydrogen (secondary N) is 1. The number of amides is 1. The number of benzene rings is 2. The molecule has 0 saturated carbocycles. The predicted molar refractivity (Wildman–Crippen MR) is 88.1 cm³/mol. The summed E-state index contributed by atoms with van der Waals surface area (Å²) >= 11 is 1.34. The topological polar surface area (TPSA) is 51.2 Å². The molecule has 3 aromatic rings. The van der Waals surface area contributed by atoms with Crippen LogP contribution in [0.2, 0.25) is 0 Å². The zero-order valence-corrected chi connectivity index (χ0v) is 12.8. The summed E-state index contributed by atoms with van der Waals surface area (Å²) in [5, 5.41) is 5.04. The molecule has 0 bridgehead atoms. The Hall–Kier alpha value is -2.73. The number of ether oxygens (including phenoxy) is 1. The van der Waals surface area contributed by atoms with Crippen LogP contribution in [0.4, 0.5) is 9.52 Å². The molecule has 0 aliphatic carbocycles. The molecule has 0 unspecified atom stereocenters. The maximum absolute atomic E-state index is 13.0. The average Bonchev–Trinajstić information content (AvgIpc) is 3.02. The van der Waals surface area contributed by atoms with Crippen molar-refractivity contribution < 1.29 is 13.9 Å². The Morgan fingerprint density at radius 1 is 1.17 bits per heavy atom. The summed E-state index contributed by atoms with van der Waals surface area (Å²) in [7, 11) is 0. The van der Waals surface area contributed by atoms with Crippen molar-refractivity contribution in [2.45, 2.75) is 0 Å². The third kappa shape index (κ3) is 4.14. The fraction of sp³-hybridized carbons (Fsp3) is 0.0588. The standard InChI is InChI=1S/C17H13FN2O2S/c18-13-7-4-8-14(9-13)22-10-16(21)20-17-19-15(11-23-17)12-5-2-1-3-6-12/h1-9,11H,10H2,(H,19,20,21). The number of hydrogen-bond acceptors (Lipinski definition) is 4. The van der Waals surface area contributed by atoms with Gasteiger partial charge in [-0.1, -0.05) is 36.4 Å². The largest absolute Gasteiger partial charge is 0.484 e. The number of halogens is 1. The van der Waals surface area contributed by atoms with Gasteiger partial charge in [-0.2, -0.15) is 0 Å². The third-order valence-corrected chi connectivity index (χ3v) is 3.74. The molecule has 3 rings (SSSR count). The number of carbonyl (C=O) groups is 1. The number of anilines is 1. The predicted octanol–water partition coefficient (Wildman–Crippen LogP) is 3.97. The highest BCUT2D eigenvalue weighted by Gasteiger charge is 2.09. The number of aromatic nitrogens is 1. The smallest absolute Gasteiger partial charge is 0.264 e. The van der Waals surface area contributed by atoms with Crippen molar-refractivity contribution in [3.05, 3.63) is 65.8 Å². The monoisotopic (exact) mass is 328 g/mol. The second-order valence-corrected chi connectivity index (χ2v) is 5.56. The fourth-order valence-corrected chi connectivity index (χ4v) is 2.67. The molecule has 0 atom stereocenters. The molecular formula is C17H13FN2O2S. The molecule has 0 radical (unpaired) electrons. The van der Waals surface area contributed by atoms with Crippen molar-refractivity contribution in [1.29, 1.82) is 0 Å². The molecule has 1 heterocycles. The normalized spacial score (nSPS) is 10.3. The lowest BCUT2D eigenvalue weighted by Gasteiger charge is -2.05. The van der Waals surface area contributed by atoms with Crippen molar-refractivity contribution in [2.75, 3.05) is 11.9 Å². The van der Waals surface area contributed by atoms with E-state index in [4.69, 9.17) is 4.74 Å². The molecule has 23 heavy (non-hydrogen) atoms. The van der Waals surface area contributed by atoms with E-state index < -0.39 is 5.82 Å². The SMILES string of the molecule is O=C(COc1cccc(F)c1)Nc1nc(-c2ccccc2)cs1. The van der Waals surface area contributed by atoms with Crippen LogP contribution in [0.5, 0.6) is 5.75 Å². The van der Waals surface area contributed by atoms with Gasteiger partial charge < -0.3 is 4.74 Å². The van der Waals surface area contributed by atoms with Crippen LogP contribution in [-0.2, 0) is 4.79 Å². The van der Waals surface area contributed by atoms with Gasteiger partial charge in [0.05, 0.1) is 5.69 Å². The molecule has 0 aliphatic heterocycles. The van der Waals surface area contributed by atoms with Gasteiger partial charge in [0.1, 0.15) is 11.6 Å². The number of nitrogens with zero attached hydrogens (tertiary/aromatic N) is 1. The van der Waals surface area contributed by atoms with Crippen molar-refractivity contribution in [1.82, 2.24) is 4.98 Å². The Morgan fingerprint density at radius 2 is 2.00 bits per heavy atom. The summed E-state index contributed by atoms with van der Waals surface area (Å²) < 4.78 is 18.3. The lowest BCUT2D eigenvalue weighted by Crippen LogP contribution is -2.20. The van der Waals surface area contributed by atoms with Crippen LogP contribution >= 0.6 is 11.3 Å². The third-order valence-electron chi connectivity index (χ3n) is 2.99. The van der Waals surface area contributed by atoms with Gasteiger partial charge >= 0.3 is 0 Å². The van der Waals surface area contributed by atoms with E-state index in [1.54, 1.807) is 6.07 Å². The van der Waals surface area contributed by atoms with Crippen LogP contribution in [0.15, 0.2) is 60.0 Å². The lowest BCUT2D eigenvalue weighted by atomic mass is 10.2. The van der Waals surface area contributed by atoms with Crippen LogP contribution < -0.4 is 10.1 Å². The summed E-state index contributed by atoms with van der Waals surface area (Å²) in [5.74, 6) is -0.442. The summed E-state index contributed by atoms with van der Waals surface area (Å²) in [5.41, 5.74) is 1.79. The Labute approximate surface area is 136 Å². The Kier molecular flexibility index (Phi) is 4.63. The van der Waals surface area contributed by atoms with Gasteiger partial charge in [-0.25, -0.2) is 9.37 Å². The second kappa shape index (κ2) is 7.02. The highest BCUT2D eigenvalue weighted by Crippen LogP contribution is 2.24. The summed E-state index contributed by atoms with van der Waals surface area (Å²) in [4.78, 5) is 16.2. The van der Waals surface area contributed by atoms with E-state index in [9.17, 15) is 9.18 Å². The van der Waals surface area contributed by atoms with E-state index in [-0.39, 0.29) is 12.5 Å². The molecule has 6 heteroatoms. The molecule has 0 spiro atoms. The maximum Gasteiger partial charge on any atom is 0.264 e. The molecule has 4 nitrogen and oxygen atoms in total. The second-order valence-electron chi connectivity index (χ2n) is 4.70. The fourth-order valence-electron chi connectivity index (χ4n) is 1.93. The van der Waals surface area contributed by atoms with Crippen LogP contribution in [0.1, 0.15) is 0 Å². The number of carbonyl (C=O) groups excluding carboxylic acids is 1. The number of hydrogen-bond donors (Lipinski definition) is 1. The first-order valence-corrected chi connectivity index (χ1v) is 7.78. The molecule has 1 aromatic heterocycles. The number of rotatable bonds is 5. The van der Waals surface area contributed by atoms with Gasteiger partial charge in [-0.15, -0.1) is 11.3 Å². The Balaban J connectivity index is 1.57. The first-order chi connectivity index (χ1) is 11.2. The molecule has 0 fully saturated rings. The van der Waals surface area contributed by atoms with E-state index in [1.807, 2.05) is 35.7 Å². The minimum atomic E-state index is -0.407. The van der Waals surface area contributed by atoms with Gasteiger partial charge in [0.15, 0.2) is 11.7 Å². The van der Waals surface area contributed by atoms with Gasteiger partial charge in [0.25, 0.3) is 5.91 Å². The van der Waals surface area contributed by atoms with Crippen molar-refractivity contribution in [3.8, 4) is 17.0 Å². The zero-order valence-electron chi connectivity index (χ0n) is 12.0. The van der Waals surface area contributed by atoms with E-state index in [0.29, 0.717) is 10.9 Å². The van der Waals surface area contributed by atoms with E-state index >= 15 is 0 Å². The Morgan fingerprint density at radius 3 is 2.78 bits per heavy atom. The molecule has 1 amide bonds. The quantitative estimate of drug-likeness (QED) is 0.771. The van der Waals surface area contributed by atoms with Crippen molar-refractivity contribution in [2.24, 2.45) is 0 Å². The highest BCUT2D eigenvalue weighted by molar-refractivity contribution is 7.14. The first kappa shape index (κ1) is 15.2. The maximum atomic E-state index is 13.0. The minimum absolute atomic E-state index is 0.205. The molecule has 0 aliphatic rings. The van der Waals surface area contributed by atoms with E-state index in [1.165, 1.54) is 29.5 Å². The van der Waals surface area contributed by atoms with Crippen LogP contribution in [-0.4, -0.2) is 17.5 Å². The van der Waals surface area contributed by atoms with Crippen molar-refractivity contribution >= 4 is 22.4 Å². The lowest BCUT2D eigenvalue weighted by molar-refractivity contribution is -0.118. The summed E-state index contributed by atoms with van der Waals surface area (Å²) in [6, 6.07) is 15.4. The molecule has 116 valence electrons. The average molecular weight is 328 g/mol. The van der Waals surface area contributed by atoms with Gasteiger partial charge in [0, 0.05) is 17.0 Å². The van der Waals surface area contributed by atoms with E-state index in [0.717, 1.165) is 11.3 Å². The van der Waals surface area contributed by atoms with Crippen LogP contribution in [0, 0.1) is 5.82 Å².